The number of hydrogen-bond acceptors (Lipinski definition) is 2. The van der Waals surface area contributed by atoms with Crippen molar-refractivity contribution in [1.29, 1.82) is 10.5 Å². The molecule has 0 aliphatic carbocycles. The van der Waals surface area contributed by atoms with Gasteiger partial charge in [-0.05, 0) is 0 Å². The molecule has 0 radical (unpaired) electrons. The Balaban J connectivity index is 0. The Morgan fingerprint density at radius 1 is 1.17 bits per heavy atom. The Kier molecular flexibility index (Phi) is 15.1. The molecule has 4 heteroatoms. The van der Waals surface area contributed by atoms with Crippen LogP contribution in [0.1, 0.15) is 0 Å². The molecule has 0 N–H and O–H groups in total. The second-order valence-corrected chi connectivity index (χ2v) is 1.72. The SMILES string of the molecule is N#[C][Au-][C]#N.[Na+]. The van der Waals surface area contributed by atoms with Crippen molar-refractivity contribution in [3.05, 3.63) is 0 Å². The largest absolute Gasteiger partial charge is 1.00 e. The molecule has 30 valence electrons. The molecule has 6 heavy (non-hydrogen) atoms. The maximum absolute atomic E-state index is 7.64. The van der Waals surface area contributed by atoms with E-state index in [9.17, 15) is 0 Å². The zero-order valence-corrected chi connectivity index (χ0v) is 7.36. The van der Waals surface area contributed by atoms with Crippen molar-refractivity contribution in [2.45, 2.75) is 0 Å². The standard InChI is InChI=1S/2CN.Au.Na/c2*1-2;;/q;;-1;+1. The van der Waals surface area contributed by atoms with Gasteiger partial charge < -0.3 is 0 Å². The number of hydrogen-bond donors (Lipinski definition) is 0. The molecule has 2 nitrogen and oxygen atoms in total. The topological polar surface area (TPSA) is 47.6 Å². The van der Waals surface area contributed by atoms with Crippen molar-refractivity contribution in [2.24, 2.45) is 0 Å². The van der Waals surface area contributed by atoms with E-state index in [0.717, 1.165) is 0 Å². The van der Waals surface area contributed by atoms with E-state index in [4.69, 9.17) is 10.5 Å². The summed E-state index contributed by atoms with van der Waals surface area (Å²) in [4.78, 5) is 0. The minimum absolute atomic E-state index is 0. The Morgan fingerprint density at radius 2 is 1.50 bits per heavy atom. The third-order valence-electron chi connectivity index (χ3n) is 0.0674. The molecule has 0 saturated carbocycles. The minimum Gasteiger partial charge on any atom is 1.00 e. The molecule has 0 saturated heterocycles. The van der Waals surface area contributed by atoms with Gasteiger partial charge in [-0.1, -0.05) is 0 Å². The molecule has 0 amide bonds. The van der Waals surface area contributed by atoms with Crippen LogP contribution < -0.4 is 29.6 Å². The van der Waals surface area contributed by atoms with E-state index in [0.29, 0.717) is 0 Å². The van der Waals surface area contributed by atoms with Gasteiger partial charge in [0, 0.05) is 0 Å². The summed E-state index contributed by atoms with van der Waals surface area (Å²) < 4.78 is 3.51. The fourth-order valence-electron chi connectivity index (χ4n) is 0.0151. The first kappa shape index (κ1) is 9.87. The van der Waals surface area contributed by atoms with E-state index in [1.54, 1.807) is 8.57 Å². The molecule has 0 spiro atoms. The number of nitrogens with zero attached hydrogens (tertiary/aromatic N) is 2. The van der Waals surface area contributed by atoms with Gasteiger partial charge >= 0.3 is 68.4 Å². The Morgan fingerprint density at radius 3 is 1.50 bits per heavy atom. The van der Waals surface area contributed by atoms with Gasteiger partial charge in [0.15, 0.2) is 0 Å². The van der Waals surface area contributed by atoms with Gasteiger partial charge in [-0.25, -0.2) is 0 Å². The molecule has 0 rings (SSSR count). The van der Waals surface area contributed by atoms with E-state index in [1.807, 2.05) is 0 Å². The van der Waals surface area contributed by atoms with E-state index in [1.165, 1.54) is 0 Å². The van der Waals surface area contributed by atoms with Crippen LogP contribution in [0.2, 0.25) is 0 Å². The van der Waals surface area contributed by atoms with E-state index < -0.39 is 19.8 Å². The second kappa shape index (κ2) is 9.21. The van der Waals surface area contributed by atoms with Gasteiger partial charge in [0.05, 0.1) is 0 Å². The zero-order valence-electron chi connectivity index (χ0n) is 3.20. The summed E-state index contributed by atoms with van der Waals surface area (Å²) in [6.45, 7) is 0. The average molecular weight is 272 g/mol. The average Bonchev–Trinajstić information content (AvgIpc) is 1.41. The molecule has 0 heterocycles. The first-order chi connectivity index (χ1) is 2.41. The number of nitriles is 2. The quantitative estimate of drug-likeness (QED) is 0.442. The summed E-state index contributed by atoms with van der Waals surface area (Å²) in [7, 11) is 0. The van der Waals surface area contributed by atoms with Gasteiger partial charge in [-0.3, -0.25) is 0 Å². The maximum Gasteiger partial charge on any atom is 1.00 e. The van der Waals surface area contributed by atoms with Crippen LogP contribution in [0.4, 0.5) is 0 Å². The Labute approximate surface area is 67.7 Å². The van der Waals surface area contributed by atoms with Crippen LogP contribution in [0, 0.1) is 19.1 Å². The minimum atomic E-state index is -0.670. The van der Waals surface area contributed by atoms with Crippen LogP contribution in [-0.2, 0) is 19.8 Å². The normalized spacial score (nSPS) is 4.33. The molecule has 0 aromatic carbocycles. The van der Waals surface area contributed by atoms with Crippen molar-refractivity contribution in [3.8, 4) is 8.57 Å². The van der Waals surface area contributed by atoms with Crippen LogP contribution in [0.5, 0.6) is 0 Å². The molecule has 0 atom stereocenters. The van der Waals surface area contributed by atoms with Crippen LogP contribution in [0.25, 0.3) is 0 Å². The van der Waals surface area contributed by atoms with Crippen LogP contribution in [0.15, 0.2) is 0 Å². The Bertz CT molecular complexity index is 76.7. The maximum atomic E-state index is 7.64. The van der Waals surface area contributed by atoms with Crippen molar-refractivity contribution < 1.29 is 49.3 Å². The fraction of sp³-hybridized carbons (Fsp3) is 0. The fourth-order valence-corrected chi connectivity index (χ4v) is 0.123. The zero-order chi connectivity index (χ0) is 4.12. The third-order valence-corrected chi connectivity index (χ3v) is 0.552. The Hall–Kier alpha value is 0.720. The van der Waals surface area contributed by atoms with Crippen LogP contribution in [-0.4, -0.2) is 0 Å². The van der Waals surface area contributed by atoms with Crippen molar-refractivity contribution in [3.63, 3.8) is 0 Å². The predicted octanol–water partition coefficient (Wildman–Crippen LogP) is -2.96. The van der Waals surface area contributed by atoms with Crippen molar-refractivity contribution >= 4 is 0 Å². The first-order valence-electron chi connectivity index (χ1n) is 0.749. The molecular weight excluding hydrogens is 272 g/mol. The molecule has 0 fully saturated rings. The summed E-state index contributed by atoms with van der Waals surface area (Å²) in [5.41, 5.74) is 0. The van der Waals surface area contributed by atoms with Crippen molar-refractivity contribution in [2.75, 3.05) is 0 Å². The van der Waals surface area contributed by atoms with E-state index >= 15 is 0 Å². The van der Waals surface area contributed by atoms with Gasteiger partial charge in [0.1, 0.15) is 0 Å². The monoisotopic (exact) mass is 272 g/mol. The smallest absolute Gasteiger partial charge is 1.00 e. The van der Waals surface area contributed by atoms with E-state index in [-0.39, 0.29) is 29.6 Å². The third kappa shape index (κ3) is 8.83. The molecule has 0 aromatic rings. The molecule has 0 aromatic heterocycles. The molecule has 0 unspecified atom stereocenters. The van der Waals surface area contributed by atoms with Gasteiger partial charge in [-0.15, -0.1) is 0 Å². The van der Waals surface area contributed by atoms with Gasteiger partial charge in [0.2, 0.25) is 0 Å². The first-order valence-corrected chi connectivity index (χ1v) is 2.92. The van der Waals surface area contributed by atoms with Crippen molar-refractivity contribution in [1.82, 2.24) is 0 Å². The summed E-state index contributed by atoms with van der Waals surface area (Å²) in [5, 5.41) is 15.3. The van der Waals surface area contributed by atoms with Crippen LogP contribution >= 0.6 is 0 Å². The summed E-state index contributed by atoms with van der Waals surface area (Å²) in [5.74, 6) is 0. The van der Waals surface area contributed by atoms with Crippen LogP contribution in [0.3, 0.4) is 0 Å². The molecule has 0 aliphatic rings. The molecular formula is C2AuN2Na. The van der Waals surface area contributed by atoms with Gasteiger partial charge in [-0.2, -0.15) is 0 Å². The van der Waals surface area contributed by atoms with E-state index in [2.05, 4.69) is 0 Å². The summed E-state index contributed by atoms with van der Waals surface area (Å²) in [6, 6.07) is 0. The molecule has 0 bridgehead atoms. The summed E-state index contributed by atoms with van der Waals surface area (Å²) >= 11 is -0.670. The number of rotatable bonds is 0. The second-order valence-electron chi connectivity index (χ2n) is 0.210. The molecule has 0 aliphatic heterocycles. The summed E-state index contributed by atoms with van der Waals surface area (Å²) in [6.07, 6.45) is 0. The predicted molar refractivity (Wildman–Crippen MR) is 11.2 cm³/mol. The van der Waals surface area contributed by atoms with Gasteiger partial charge in [0.25, 0.3) is 0 Å².